The van der Waals surface area contributed by atoms with Gasteiger partial charge in [0.05, 0.1) is 5.71 Å². The van der Waals surface area contributed by atoms with Gasteiger partial charge in [-0.15, -0.1) is 0 Å². The predicted octanol–water partition coefficient (Wildman–Crippen LogP) is 5.13. The number of hydrogen-bond donors (Lipinski definition) is 3. The zero-order valence-corrected chi connectivity index (χ0v) is 21.3. The molecule has 1 aliphatic rings. The molecule has 1 atom stereocenters. The van der Waals surface area contributed by atoms with E-state index in [4.69, 9.17) is 10.1 Å². The molecule has 0 radical (unpaired) electrons. The van der Waals surface area contributed by atoms with Crippen LogP contribution < -0.4 is 15.5 Å². The fourth-order valence-corrected chi connectivity index (χ4v) is 3.72. The minimum absolute atomic E-state index is 0.0686. The molecule has 0 aromatic heterocycles. The molecule has 2 amide bonds. The molecule has 0 bridgehead atoms. The van der Waals surface area contributed by atoms with Crippen molar-refractivity contribution < 1.29 is 14.3 Å². The summed E-state index contributed by atoms with van der Waals surface area (Å²) >= 11 is 0. The first-order chi connectivity index (χ1) is 17.0. The van der Waals surface area contributed by atoms with Gasteiger partial charge in [0.25, 0.3) is 5.91 Å². The van der Waals surface area contributed by atoms with Crippen LogP contribution in [0.4, 0.5) is 11.4 Å². The fraction of sp³-hybridized carbons (Fsp3) is 0.393. The number of ether oxygens (including phenoxy) is 1. The second-order valence-electron chi connectivity index (χ2n) is 8.06. The highest BCUT2D eigenvalue weighted by molar-refractivity contribution is 6.17. The molecule has 0 spiro atoms. The van der Waals surface area contributed by atoms with E-state index in [1.54, 1.807) is 11.8 Å². The van der Waals surface area contributed by atoms with Crippen LogP contribution in [0.2, 0.25) is 0 Å². The van der Waals surface area contributed by atoms with E-state index in [-0.39, 0.29) is 23.8 Å². The Bertz CT molecular complexity index is 998. The summed E-state index contributed by atoms with van der Waals surface area (Å²) < 4.78 is 5.79. The molecule has 2 aromatic carbocycles. The van der Waals surface area contributed by atoms with Crippen LogP contribution in [0, 0.1) is 5.41 Å². The van der Waals surface area contributed by atoms with Crippen LogP contribution in [-0.4, -0.2) is 43.5 Å². The van der Waals surface area contributed by atoms with Gasteiger partial charge in [-0.1, -0.05) is 50.2 Å². The van der Waals surface area contributed by atoms with Crippen molar-refractivity contribution >= 4 is 28.9 Å². The first-order valence-corrected chi connectivity index (χ1v) is 12.3. The zero-order valence-electron chi connectivity index (χ0n) is 21.3. The average molecular weight is 479 g/mol. The first kappa shape index (κ1) is 27.8. The van der Waals surface area contributed by atoms with Crippen molar-refractivity contribution in [1.82, 2.24) is 5.32 Å². The fourth-order valence-electron chi connectivity index (χ4n) is 3.72. The van der Waals surface area contributed by atoms with Crippen molar-refractivity contribution in [2.45, 2.75) is 53.2 Å². The van der Waals surface area contributed by atoms with Crippen LogP contribution in [0.5, 0.6) is 0 Å². The predicted molar refractivity (Wildman–Crippen MR) is 143 cm³/mol. The van der Waals surface area contributed by atoms with Gasteiger partial charge in [-0.25, -0.2) is 0 Å². The van der Waals surface area contributed by atoms with E-state index in [1.165, 1.54) is 13.0 Å². The Morgan fingerprint density at radius 3 is 2.40 bits per heavy atom. The van der Waals surface area contributed by atoms with Gasteiger partial charge in [-0.05, 0) is 50.0 Å². The molecular weight excluding hydrogens is 440 g/mol. The van der Waals surface area contributed by atoms with Crippen molar-refractivity contribution in [2.75, 3.05) is 29.9 Å². The van der Waals surface area contributed by atoms with Gasteiger partial charge in [-0.3, -0.25) is 15.0 Å². The van der Waals surface area contributed by atoms with Crippen LogP contribution in [0.3, 0.4) is 0 Å². The van der Waals surface area contributed by atoms with Crippen LogP contribution in [0.1, 0.15) is 52.5 Å². The Hall–Kier alpha value is -3.45. The minimum Gasteiger partial charge on any atom is -0.360 e. The van der Waals surface area contributed by atoms with E-state index in [0.29, 0.717) is 18.7 Å². The number of anilines is 2. The Morgan fingerprint density at radius 1 is 1.06 bits per heavy atom. The molecule has 1 fully saturated rings. The van der Waals surface area contributed by atoms with Gasteiger partial charge in [0.2, 0.25) is 5.91 Å². The normalized spacial score (nSPS) is 15.3. The highest BCUT2D eigenvalue weighted by Crippen LogP contribution is 2.23. The summed E-state index contributed by atoms with van der Waals surface area (Å²) in [6, 6.07) is 16.9. The van der Waals surface area contributed by atoms with E-state index in [0.717, 1.165) is 42.8 Å². The molecule has 2 aromatic rings. The molecule has 35 heavy (non-hydrogen) atoms. The lowest BCUT2D eigenvalue weighted by atomic mass is 10.0. The molecule has 1 unspecified atom stereocenters. The van der Waals surface area contributed by atoms with Gasteiger partial charge in [0.1, 0.15) is 6.23 Å². The molecule has 7 nitrogen and oxygen atoms in total. The Morgan fingerprint density at radius 2 is 1.74 bits per heavy atom. The highest BCUT2D eigenvalue weighted by Gasteiger charge is 2.18. The number of allylic oxidation sites excluding steroid dienone is 1. The smallest absolute Gasteiger partial charge is 0.251 e. The van der Waals surface area contributed by atoms with Gasteiger partial charge in [0, 0.05) is 49.6 Å². The van der Waals surface area contributed by atoms with Crippen LogP contribution in [-0.2, 0) is 14.3 Å². The Balaban J connectivity index is 0.00000210. The average Bonchev–Trinajstić information content (AvgIpc) is 2.88. The van der Waals surface area contributed by atoms with Crippen LogP contribution in [0.25, 0.3) is 0 Å². The third kappa shape index (κ3) is 8.68. The minimum atomic E-state index is -0.241. The number of carbonyl (C=O) groups excluding carboxylic acids is 2. The number of nitrogens with zero attached hydrogens (tertiary/aromatic N) is 1. The van der Waals surface area contributed by atoms with Crippen molar-refractivity contribution in [3.05, 3.63) is 71.8 Å². The molecule has 0 aliphatic carbocycles. The van der Waals surface area contributed by atoms with Gasteiger partial charge >= 0.3 is 0 Å². The lowest BCUT2D eigenvalue weighted by Crippen LogP contribution is -2.37. The summed E-state index contributed by atoms with van der Waals surface area (Å²) in [5, 5.41) is 14.9. The lowest BCUT2D eigenvalue weighted by Gasteiger charge is -2.26. The number of rotatable bonds is 9. The summed E-state index contributed by atoms with van der Waals surface area (Å²) in [7, 11) is 0. The number of hydrogen-bond acceptors (Lipinski definition) is 5. The van der Waals surface area contributed by atoms with Gasteiger partial charge < -0.3 is 20.3 Å². The molecule has 0 saturated carbocycles. The number of nitrogens with one attached hydrogen (secondary N) is 3. The third-order valence-electron chi connectivity index (χ3n) is 5.47. The molecular formula is C28H38N4O3. The topological polar surface area (TPSA) is 94.5 Å². The maximum atomic E-state index is 13.2. The molecule has 7 heteroatoms. The maximum absolute atomic E-state index is 13.2. The Kier molecular flexibility index (Phi) is 11.7. The van der Waals surface area contributed by atoms with Crippen LogP contribution >= 0.6 is 0 Å². The monoisotopic (exact) mass is 478 g/mol. The number of benzene rings is 2. The van der Waals surface area contributed by atoms with Crippen molar-refractivity contribution in [1.29, 1.82) is 5.41 Å². The summed E-state index contributed by atoms with van der Waals surface area (Å²) in [5.41, 5.74) is 3.11. The lowest BCUT2D eigenvalue weighted by molar-refractivity contribution is -0.119. The molecule has 1 saturated heterocycles. The van der Waals surface area contributed by atoms with Gasteiger partial charge in [0.15, 0.2) is 0 Å². The summed E-state index contributed by atoms with van der Waals surface area (Å²) in [6.45, 7) is 8.62. The van der Waals surface area contributed by atoms with E-state index >= 15 is 0 Å². The second-order valence-corrected chi connectivity index (χ2v) is 8.06. The number of carbonyl (C=O) groups is 2. The van der Waals surface area contributed by atoms with E-state index < -0.39 is 0 Å². The molecule has 1 aliphatic heterocycles. The quantitative estimate of drug-likeness (QED) is 0.344. The summed E-state index contributed by atoms with van der Waals surface area (Å²) in [5.74, 6) is -0.384. The van der Waals surface area contributed by atoms with E-state index in [2.05, 4.69) is 10.6 Å². The van der Waals surface area contributed by atoms with Crippen molar-refractivity contribution in [2.24, 2.45) is 0 Å². The van der Waals surface area contributed by atoms with E-state index in [1.807, 2.05) is 68.4 Å². The number of amides is 2. The first-order valence-electron chi connectivity index (χ1n) is 12.3. The standard InChI is InChI=1S/C26H32N4O3.C2H6/c1-19(18-25(32)30(16-15-28-20(2)31)21-10-4-3-5-11-21)26(27)22-12-6-7-13-23(22)29-24-14-8-9-17-33-24;1-2/h3-7,10-13,18,24,27,29H,8-9,14-17H2,1-2H3,(H,28,31);1-2H3/b19-18+,27-26?;. The van der Waals surface area contributed by atoms with E-state index in [9.17, 15) is 9.59 Å². The molecule has 3 rings (SSSR count). The van der Waals surface area contributed by atoms with Crippen LogP contribution in [0.15, 0.2) is 66.2 Å². The van der Waals surface area contributed by atoms with Crippen molar-refractivity contribution in [3.8, 4) is 0 Å². The zero-order chi connectivity index (χ0) is 25.6. The number of para-hydroxylation sites is 2. The maximum Gasteiger partial charge on any atom is 0.251 e. The largest absolute Gasteiger partial charge is 0.360 e. The SMILES string of the molecule is CC.CC(=O)NCCN(C(=O)/C=C(\C)C(=N)c1ccccc1NC1CCCCO1)c1ccccc1. The molecule has 188 valence electrons. The molecule has 1 heterocycles. The third-order valence-corrected chi connectivity index (χ3v) is 5.47. The van der Waals surface area contributed by atoms with Crippen molar-refractivity contribution in [3.63, 3.8) is 0 Å². The highest BCUT2D eigenvalue weighted by atomic mass is 16.5. The van der Waals surface area contributed by atoms with Gasteiger partial charge in [-0.2, -0.15) is 0 Å². The Labute approximate surface area is 209 Å². The summed E-state index contributed by atoms with van der Waals surface area (Å²) in [4.78, 5) is 26.0. The summed E-state index contributed by atoms with van der Waals surface area (Å²) in [6.07, 6.45) is 4.52. The second kappa shape index (κ2) is 14.7. The molecule has 3 N–H and O–H groups in total.